The normalized spacial score (nSPS) is 15.2. The number of carbonyl (C=O) groups excluding carboxylic acids is 3. The van der Waals surface area contributed by atoms with Crippen molar-refractivity contribution in [3.8, 4) is 0 Å². The van der Waals surface area contributed by atoms with E-state index < -0.39 is 17.8 Å². The summed E-state index contributed by atoms with van der Waals surface area (Å²) in [4.78, 5) is 39.0. The summed E-state index contributed by atoms with van der Waals surface area (Å²) < 4.78 is 0.881. The van der Waals surface area contributed by atoms with Crippen molar-refractivity contribution < 1.29 is 14.4 Å². The standard InChI is InChI=1S/C27H23BrN2O3/c1-16-10-17(2)12-20(11-16)13-21-9-8-19(15-23(21)28)14-22-25(31)29-27(33)30(26(22)32)24-7-5-4-6-18(24)3/h4-12,14-15H,13H2,1-3H3,(H,29,31,33)/b22-14+. The van der Waals surface area contributed by atoms with Crippen LogP contribution in [0.3, 0.4) is 0 Å². The number of benzene rings is 3. The Morgan fingerprint density at radius 1 is 0.909 bits per heavy atom. The van der Waals surface area contributed by atoms with Crippen LogP contribution >= 0.6 is 15.9 Å². The monoisotopic (exact) mass is 502 g/mol. The van der Waals surface area contributed by atoms with Gasteiger partial charge in [0.05, 0.1) is 5.69 Å². The van der Waals surface area contributed by atoms with Gasteiger partial charge in [0.1, 0.15) is 5.57 Å². The first-order valence-corrected chi connectivity index (χ1v) is 11.3. The second-order valence-corrected chi connectivity index (χ2v) is 9.12. The van der Waals surface area contributed by atoms with Crippen molar-refractivity contribution in [3.63, 3.8) is 0 Å². The van der Waals surface area contributed by atoms with E-state index in [4.69, 9.17) is 0 Å². The number of rotatable bonds is 4. The quantitative estimate of drug-likeness (QED) is 0.371. The van der Waals surface area contributed by atoms with Gasteiger partial charge in [-0.1, -0.05) is 75.6 Å². The van der Waals surface area contributed by atoms with E-state index in [1.807, 2.05) is 24.3 Å². The number of barbiturate groups is 1. The van der Waals surface area contributed by atoms with Gasteiger partial charge < -0.3 is 0 Å². The van der Waals surface area contributed by atoms with Crippen LogP contribution in [0.4, 0.5) is 10.5 Å². The van der Waals surface area contributed by atoms with Crippen LogP contribution < -0.4 is 10.2 Å². The third-order valence-electron chi connectivity index (χ3n) is 5.52. The highest BCUT2D eigenvalue weighted by Gasteiger charge is 2.37. The van der Waals surface area contributed by atoms with Gasteiger partial charge >= 0.3 is 6.03 Å². The molecule has 3 aromatic carbocycles. The molecule has 166 valence electrons. The zero-order chi connectivity index (χ0) is 23.7. The van der Waals surface area contributed by atoms with E-state index >= 15 is 0 Å². The number of aryl methyl sites for hydroxylation is 3. The molecule has 5 nitrogen and oxygen atoms in total. The molecule has 0 bridgehead atoms. The predicted molar refractivity (Wildman–Crippen MR) is 133 cm³/mol. The summed E-state index contributed by atoms with van der Waals surface area (Å²) in [6.45, 7) is 5.97. The number of anilines is 1. The molecule has 1 aliphatic heterocycles. The third-order valence-corrected chi connectivity index (χ3v) is 6.26. The summed E-state index contributed by atoms with van der Waals surface area (Å²) in [5.41, 5.74) is 6.55. The van der Waals surface area contributed by atoms with Crippen LogP contribution in [0.2, 0.25) is 0 Å². The Kier molecular flexibility index (Phi) is 6.29. The Morgan fingerprint density at radius 3 is 2.27 bits per heavy atom. The van der Waals surface area contributed by atoms with Gasteiger partial charge in [0.2, 0.25) is 0 Å². The molecule has 0 atom stereocenters. The van der Waals surface area contributed by atoms with Crippen molar-refractivity contribution in [1.82, 2.24) is 5.32 Å². The van der Waals surface area contributed by atoms with Crippen molar-refractivity contribution >= 4 is 45.5 Å². The minimum atomic E-state index is -0.749. The second-order valence-electron chi connectivity index (χ2n) is 8.27. The number of imide groups is 2. The van der Waals surface area contributed by atoms with E-state index in [2.05, 4.69) is 53.3 Å². The van der Waals surface area contributed by atoms with Gasteiger partial charge in [-0.3, -0.25) is 14.9 Å². The lowest BCUT2D eigenvalue weighted by atomic mass is 9.99. The Labute approximate surface area is 201 Å². The van der Waals surface area contributed by atoms with Gasteiger partial charge in [-0.05, 0) is 67.7 Å². The minimum Gasteiger partial charge on any atom is -0.273 e. The number of carbonyl (C=O) groups is 3. The summed E-state index contributed by atoms with van der Waals surface area (Å²) in [6.07, 6.45) is 2.27. The van der Waals surface area contributed by atoms with E-state index in [1.54, 1.807) is 25.1 Å². The average molecular weight is 503 g/mol. The zero-order valence-electron chi connectivity index (χ0n) is 18.6. The van der Waals surface area contributed by atoms with Gasteiger partial charge in [0.25, 0.3) is 11.8 Å². The summed E-state index contributed by atoms with van der Waals surface area (Å²) in [6, 6.07) is 18.5. The lowest BCUT2D eigenvalue weighted by Crippen LogP contribution is -2.54. The molecule has 1 heterocycles. The SMILES string of the molecule is Cc1cc(C)cc(Cc2ccc(/C=C3\C(=O)NC(=O)N(c4ccccc4C)C3=O)cc2Br)c1. The van der Waals surface area contributed by atoms with Crippen LogP contribution in [0.1, 0.15) is 33.4 Å². The van der Waals surface area contributed by atoms with E-state index in [0.29, 0.717) is 11.3 Å². The van der Waals surface area contributed by atoms with E-state index in [-0.39, 0.29) is 5.57 Å². The molecule has 1 fully saturated rings. The number of hydrogen-bond acceptors (Lipinski definition) is 3. The lowest BCUT2D eigenvalue weighted by Gasteiger charge is -2.27. The topological polar surface area (TPSA) is 66.5 Å². The fraction of sp³-hybridized carbons (Fsp3) is 0.148. The Hall–Kier alpha value is -3.51. The summed E-state index contributed by atoms with van der Waals surface area (Å²) >= 11 is 3.63. The molecule has 0 radical (unpaired) electrons. The summed E-state index contributed by atoms with van der Waals surface area (Å²) in [5.74, 6) is -1.35. The number of nitrogens with zero attached hydrogens (tertiary/aromatic N) is 1. The lowest BCUT2D eigenvalue weighted by molar-refractivity contribution is -0.122. The maximum atomic E-state index is 13.1. The second kappa shape index (κ2) is 9.16. The van der Waals surface area contributed by atoms with Gasteiger partial charge in [0.15, 0.2) is 0 Å². The van der Waals surface area contributed by atoms with Crippen molar-refractivity contribution in [3.05, 3.63) is 104 Å². The number of amides is 4. The van der Waals surface area contributed by atoms with Crippen LogP contribution in [0.5, 0.6) is 0 Å². The highest BCUT2D eigenvalue weighted by atomic mass is 79.9. The first kappa shape index (κ1) is 22.7. The highest BCUT2D eigenvalue weighted by Crippen LogP contribution is 2.27. The van der Waals surface area contributed by atoms with Crippen molar-refractivity contribution in [2.45, 2.75) is 27.2 Å². The molecule has 0 aliphatic carbocycles. The van der Waals surface area contributed by atoms with Crippen molar-refractivity contribution in [2.24, 2.45) is 0 Å². The van der Waals surface area contributed by atoms with Crippen molar-refractivity contribution in [1.29, 1.82) is 0 Å². The van der Waals surface area contributed by atoms with E-state index in [9.17, 15) is 14.4 Å². The van der Waals surface area contributed by atoms with Crippen LogP contribution in [0.15, 0.2) is 70.7 Å². The fourth-order valence-electron chi connectivity index (χ4n) is 4.04. The molecule has 0 aromatic heterocycles. The van der Waals surface area contributed by atoms with Gasteiger partial charge in [-0.15, -0.1) is 0 Å². The molecule has 6 heteroatoms. The van der Waals surface area contributed by atoms with Crippen LogP contribution in [0, 0.1) is 20.8 Å². The smallest absolute Gasteiger partial charge is 0.273 e. The maximum absolute atomic E-state index is 13.1. The molecule has 1 N–H and O–H groups in total. The number of nitrogens with one attached hydrogen (secondary N) is 1. The highest BCUT2D eigenvalue weighted by molar-refractivity contribution is 9.10. The Morgan fingerprint density at radius 2 is 1.61 bits per heavy atom. The van der Waals surface area contributed by atoms with Crippen LogP contribution in [0.25, 0.3) is 6.08 Å². The molecule has 4 rings (SSSR count). The van der Waals surface area contributed by atoms with Crippen LogP contribution in [-0.2, 0) is 16.0 Å². The molecule has 0 spiro atoms. The average Bonchev–Trinajstić information content (AvgIpc) is 2.73. The molecular formula is C27H23BrN2O3. The molecule has 0 unspecified atom stereocenters. The predicted octanol–water partition coefficient (Wildman–Crippen LogP) is 5.63. The van der Waals surface area contributed by atoms with E-state index in [1.165, 1.54) is 22.8 Å². The summed E-state index contributed by atoms with van der Waals surface area (Å²) in [5, 5.41) is 2.27. The fourth-order valence-corrected chi connectivity index (χ4v) is 4.58. The molecule has 33 heavy (non-hydrogen) atoms. The minimum absolute atomic E-state index is 0.0909. The number of halogens is 1. The van der Waals surface area contributed by atoms with Gasteiger partial charge in [-0.2, -0.15) is 0 Å². The Bertz CT molecular complexity index is 1310. The molecule has 1 saturated heterocycles. The van der Waals surface area contributed by atoms with Gasteiger partial charge in [0, 0.05) is 4.47 Å². The molecule has 4 amide bonds. The first-order valence-electron chi connectivity index (χ1n) is 10.6. The van der Waals surface area contributed by atoms with Crippen molar-refractivity contribution in [2.75, 3.05) is 4.90 Å². The van der Waals surface area contributed by atoms with Gasteiger partial charge in [-0.25, -0.2) is 9.69 Å². The third kappa shape index (κ3) is 4.81. The molecule has 1 aliphatic rings. The van der Waals surface area contributed by atoms with E-state index in [0.717, 1.165) is 26.9 Å². The number of para-hydroxylation sites is 1. The number of urea groups is 1. The number of hydrogen-bond donors (Lipinski definition) is 1. The first-order chi connectivity index (χ1) is 15.7. The largest absolute Gasteiger partial charge is 0.335 e. The maximum Gasteiger partial charge on any atom is 0.335 e. The molecular weight excluding hydrogens is 480 g/mol. The van der Waals surface area contributed by atoms with Crippen LogP contribution in [-0.4, -0.2) is 17.8 Å². The Balaban J connectivity index is 1.64. The summed E-state index contributed by atoms with van der Waals surface area (Å²) in [7, 11) is 0. The molecule has 3 aromatic rings. The zero-order valence-corrected chi connectivity index (χ0v) is 20.2. The molecule has 0 saturated carbocycles.